The minimum absolute atomic E-state index is 0.166. The fourth-order valence-electron chi connectivity index (χ4n) is 3.42. The van der Waals surface area contributed by atoms with E-state index in [2.05, 4.69) is 5.32 Å². The predicted octanol–water partition coefficient (Wildman–Crippen LogP) is 4.04. The molecule has 0 aliphatic heterocycles. The number of fused-ring (bicyclic) bond motifs is 1. The maximum Gasteiger partial charge on any atom is 0.352 e. The first-order chi connectivity index (χ1) is 13.6. The Labute approximate surface area is 163 Å². The zero-order valence-corrected chi connectivity index (χ0v) is 16.0. The van der Waals surface area contributed by atoms with Gasteiger partial charge in [0.15, 0.2) is 0 Å². The Bertz CT molecular complexity index is 952. The molecule has 6 heteroatoms. The van der Waals surface area contributed by atoms with Crippen LogP contribution in [0.15, 0.2) is 48.5 Å². The molecule has 0 fully saturated rings. The van der Waals surface area contributed by atoms with Crippen molar-refractivity contribution in [1.29, 1.82) is 0 Å². The minimum Gasteiger partial charge on any atom is -0.477 e. The van der Waals surface area contributed by atoms with Crippen LogP contribution in [0.25, 0.3) is 10.9 Å². The van der Waals surface area contributed by atoms with Crippen LogP contribution in [0.5, 0.6) is 0 Å². The molecular weight excluding hydrogens is 359 g/mol. The topological polar surface area (TPSA) is 63.5 Å². The van der Waals surface area contributed by atoms with E-state index in [0.29, 0.717) is 25.3 Å². The summed E-state index contributed by atoms with van der Waals surface area (Å²) in [6.45, 7) is 4.64. The third kappa shape index (κ3) is 4.40. The zero-order chi connectivity index (χ0) is 19.9. The number of ether oxygens (including phenoxy) is 1. The first kappa shape index (κ1) is 20.0. The van der Waals surface area contributed by atoms with Gasteiger partial charge in [0.2, 0.25) is 0 Å². The summed E-state index contributed by atoms with van der Waals surface area (Å²) >= 11 is 0. The van der Waals surface area contributed by atoms with E-state index in [-0.39, 0.29) is 18.1 Å². The monoisotopic (exact) mass is 384 g/mol. The van der Waals surface area contributed by atoms with Crippen LogP contribution in [-0.2, 0) is 17.8 Å². The lowest BCUT2D eigenvalue weighted by molar-refractivity contribution is 0.0684. The van der Waals surface area contributed by atoms with Gasteiger partial charge in [0.1, 0.15) is 11.5 Å². The number of hydrogen-bond acceptors (Lipinski definition) is 3. The van der Waals surface area contributed by atoms with Gasteiger partial charge in [-0.15, -0.1) is 0 Å². The fraction of sp³-hybridized carbons (Fsp3) is 0.318. The molecule has 2 N–H and O–H groups in total. The molecule has 28 heavy (non-hydrogen) atoms. The van der Waals surface area contributed by atoms with Crippen LogP contribution >= 0.6 is 0 Å². The van der Waals surface area contributed by atoms with E-state index in [9.17, 15) is 14.3 Å². The summed E-state index contributed by atoms with van der Waals surface area (Å²) in [4.78, 5) is 12.1. The quantitative estimate of drug-likeness (QED) is 0.518. The number of nitrogens with one attached hydrogen (secondary N) is 1. The number of aromatic carboxylic acids is 1. The van der Waals surface area contributed by atoms with Gasteiger partial charge in [-0.05, 0) is 32.0 Å². The number of carbonyl (C=O) groups is 1. The Morgan fingerprint density at radius 1 is 1.18 bits per heavy atom. The molecule has 0 spiro atoms. The summed E-state index contributed by atoms with van der Waals surface area (Å²) in [6, 6.07) is 14.0. The van der Waals surface area contributed by atoms with Gasteiger partial charge in [-0.2, -0.15) is 0 Å². The number of aromatic nitrogens is 1. The number of hydrogen-bond donors (Lipinski definition) is 2. The summed E-state index contributed by atoms with van der Waals surface area (Å²) in [5, 5.41) is 14.1. The van der Waals surface area contributed by atoms with Gasteiger partial charge in [-0.3, -0.25) is 0 Å². The highest BCUT2D eigenvalue weighted by Gasteiger charge is 2.22. The van der Waals surface area contributed by atoms with Crippen molar-refractivity contribution >= 4 is 16.9 Å². The first-order valence-electron chi connectivity index (χ1n) is 9.48. The van der Waals surface area contributed by atoms with Gasteiger partial charge in [0, 0.05) is 41.8 Å². The van der Waals surface area contributed by atoms with Gasteiger partial charge >= 0.3 is 5.97 Å². The van der Waals surface area contributed by atoms with Gasteiger partial charge in [0.25, 0.3) is 0 Å². The molecule has 148 valence electrons. The lowest BCUT2D eigenvalue weighted by Crippen LogP contribution is -2.19. The SMILES string of the molecule is CCOCCCNCc1c(C(=O)O)n(Cc2ccccc2F)c2ccccc12. The molecule has 0 amide bonds. The maximum atomic E-state index is 14.2. The largest absolute Gasteiger partial charge is 0.477 e. The van der Waals surface area contributed by atoms with Gasteiger partial charge in [-0.1, -0.05) is 36.4 Å². The van der Waals surface area contributed by atoms with Crippen molar-refractivity contribution in [2.45, 2.75) is 26.4 Å². The van der Waals surface area contributed by atoms with E-state index >= 15 is 0 Å². The highest BCUT2D eigenvalue weighted by molar-refractivity contribution is 5.98. The van der Waals surface area contributed by atoms with E-state index in [1.54, 1.807) is 22.8 Å². The van der Waals surface area contributed by atoms with Crippen LogP contribution in [0.4, 0.5) is 4.39 Å². The second kappa shape index (κ2) is 9.48. The van der Waals surface area contributed by atoms with Crippen molar-refractivity contribution < 1.29 is 19.0 Å². The number of rotatable bonds is 10. The molecule has 3 rings (SSSR count). The molecule has 2 aromatic carbocycles. The van der Waals surface area contributed by atoms with E-state index < -0.39 is 5.97 Å². The third-order valence-electron chi connectivity index (χ3n) is 4.71. The molecule has 0 aliphatic carbocycles. The number of benzene rings is 2. The Morgan fingerprint density at radius 3 is 2.68 bits per heavy atom. The van der Waals surface area contributed by atoms with Gasteiger partial charge in [-0.25, -0.2) is 9.18 Å². The van der Waals surface area contributed by atoms with Crippen molar-refractivity contribution in [3.63, 3.8) is 0 Å². The van der Waals surface area contributed by atoms with Crippen molar-refractivity contribution in [3.8, 4) is 0 Å². The normalized spacial score (nSPS) is 11.2. The zero-order valence-electron chi connectivity index (χ0n) is 16.0. The molecule has 0 radical (unpaired) electrons. The second-order valence-corrected chi connectivity index (χ2v) is 6.55. The van der Waals surface area contributed by atoms with E-state index in [4.69, 9.17) is 4.74 Å². The molecule has 1 heterocycles. The highest BCUT2D eigenvalue weighted by Crippen LogP contribution is 2.28. The fourth-order valence-corrected chi connectivity index (χ4v) is 3.42. The molecule has 0 saturated carbocycles. The van der Waals surface area contributed by atoms with E-state index in [1.165, 1.54) is 6.07 Å². The van der Waals surface area contributed by atoms with Crippen LogP contribution in [-0.4, -0.2) is 35.4 Å². The molecule has 0 unspecified atom stereocenters. The van der Waals surface area contributed by atoms with Gasteiger partial charge in [0.05, 0.1) is 6.54 Å². The minimum atomic E-state index is -1.02. The number of carboxylic acids is 1. The average Bonchev–Trinajstić information content (AvgIpc) is 3.00. The standard InChI is InChI=1S/C22H25FN2O3/c1-2-28-13-7-12-24-14-18-17-9-4-6-11-20(17)25(21(18)22(26)27)15-16-8-3-5-10-19(16)23/h3-6,8-11,24H,2,7,12-15H2,1H3,(H,26,27). The summed E-state index contributed by atoms with van der Waals surface area (Å²) in [5.74, 6) is -1.36. The van der Waals surface area contributed by atoms with Crippen LogP contribution in [0, 0.1) is 5.82 Å². The smallest absolute Gasteiger partial charge is 0.352 e. The Balaban J connectivity index is 1.93. The first-order valence-corrected chi connectivity index (χ1v) is 9.48. The molecule has 0 saturated heterocycles. The summed E-state index contributed by atoms with van der Waals surface area (Å²) < 4.78 is 21.2. The van der Waals surface area contributed by atoms with Crippen molar-refractivity contribution in [3.05, 3.63) is 71.2 Å². The lowest BCUT2D eigenvalue weighted by Gasteiger charge is -2.10. The van der Waals surface area contributed by atoms with Crippen molar-refractivity contribution in [2.75, 3.05) is 19.8 Å². The molecular formula is C22H25FN2O3. The molecule has 3 aromatic rings. The lowest BCUT2D eigenvalue weighted by atomic mass is 10.1. The average molecular weight is 384 g/mol. The van der Waals surface area contributed by atoms with E-state index in [1.807, 2.05) is 31.2 Å². The van der Waals surface area contributed by atoms with Crippen molar-refractivity contribution in [2.24, 2.45) is 0 Å². The molecule has 0 aliphatic rings. The molecule has 0 atom stereocenters. The highest BCUT2D eigenvalue weighted by atomic mass is 19.1. The maximum absolute atomic E-state index is 14.2. The predicted molar refractivity (Wildman–Crippen MR) is 107 cm³/mol. The van der Waals surface area contributed by atoms with Crippen LogP contribution < -0.4 is 5.32 Å². The summed E-state index contributed by atoms with van der Waals surface area (Å²) in [5.41, 5.74) is 2.16. The number of para-hydroxylation sites is 1. The summed E-state index contributed by atoms with van der Waals surface area (Å²) in [7, 11) is 0. The van der Waals surface area contributed by atoms with Crippen molar-refractivity contribution in [1.82, 2.24) is 9.88 Å². The van der Waals surface area contributed by atoms with Gasteiger partial charge < -0.3 is 19.7 Å². The van der Waals surface area contributed by atoms with Crippen LogP contribution in [0.3, 0.4) is 0 Å². The number of nitrogens with zero attached hydrogens (tertiary/aromatic N) is 1. The Morgan fingerprint density at radius 2 is 1.93 bits per heavy atom. The Kier molecular flexibility index (Phi) is 6.79. The van der Waals surface area contributed by atoms with Crippen LogP contribution in [0.1, 0.15) is 35.0 Å². The number of halogens is 1. The molecule has 1 aromatic heterocycles. The van der Waals surface area contributed by atoms with Crippen LogP contribution in [0.2, 0.25) is 0 Å². The van der Waals surface area contributed by atoms with E-state index in [0.717, 1.165) is 29.4 Å². The molecule has 5 nitrogen and oxygen atoms in total. The third-order valence-corrected chi connectivity index (χ3v) is 4.71. The number of carboxylic acid groups (broad SMARTS) is 1. The second-order valence-electron chi connectivity index (χ2n) is 6.55. The summed E-state index contributed by atoms with van der Waals surface area (Å²) in [6.07, 6.45) is 0.851. The molecule has 0 bridgehead atoms. The Hall–Kier alpha value is -2.70.